The van der Waals surface area contributed by atoms with Crippen molar-refractivity contribution in [2.45, 2.75) is 6.92 Å². The Balaban J connectivity index is 1.58. The van der Waals surface area contributed by atoms with Crippen LogP contribution in [-0.2, 0) is 0 Å². The zero-order chi connectivity index (χ0) is 19.7. The van der Waals surface area contributed by atoms with Gasteiger partial charge in [-0.25, -0.2) is 4.98 Å². The van der Waals surface area contributed by atoms with E-state index in [0.717, 1.165) is 22.3 Å². The van der Waals surface area contributed by atoms with Crippen LogP contribution in [0.4, 0.5) is 11.4 Å². The molecule has 4 rings (SSSR count). The third-order valence-corrected chi connectivity index (χ3v) is 4.56. The lowest BCUT2D eigenvalue weighted by Gasteiger charge is -2.11. The molecule has 1 N–H and O–H groups in total. The third kappa shape index (κ3) is 3.60. The van der Waals surface area contributed by atoms with Gasteiger partial charge in [-0.3, -0.25) is 4.79 Å². The molecule has 0 aliphatic rings. The van der Waals surface area contributed by atoms with Crippen molar-refractivity contribution in [3.05, 3.63) is 77.9 Å². The minimum Gasteiger partial charge on any atom is -0.436 e. The highest BCUT2D eigenvalue weighted by atomic mass is 16.3. The Hall–Kier alpha value is -3.60. The first-order chi connectivity index (χ1) is 13.5. The van der Waals surface area contributed by atoms with E-state index in [1.807, 2.05) is 80.5 Å². The zero-order valence-corrected chi connectivity index (χ0v) is 16.1. The zero-order valence-electron chi connectivity index (χ0n) is 16.1. The first-order valence-corrected chi connectivity index (χ1v) is 9.06. The van der Waals surface area contributed by atoms with Crippen molar-refractivity contribution in [3.8, 4) is 11.5 Å². The van der Waals surface area contributed by atoms with Gasteiger partial charge in [-0.05, 0) is 55.5 Å². The molecule has 5 heteroatoms. The van der Waals surface area contributed by atoms with Crippen LogP contribution in [0.1, 0.15) is 15.9 Å². The summed E-state index contributed by atoms with van der Waals surface area (Å²) in [5, 5.41) is 2.91. The van der Waals surface area contributed by atoms with E-state index in [1.54, 1.807) is 12.1 Å². The minimum absolute atomic E-state index is 0.151. The molecule has 28 heavy (non-hydrogen) atoms. The van der Waals surface area contributed by atoms with Gasteiger partial charge in [0.05, 0.1) is 0 Å². The van der Waals surface area contributed by atoms with Crippen LogP contribution in [0.15, 0.2) is 71.1 Å². The van der Waals surface area contributed by atoms with Gasteiger partial charge in [-0.15, -0.1) is 0 Å². The van der Waals surface area contributed by atoms with Gasteiger partial charge < -0.3 is 14.6 Å². The summed E-state index contributed by atoms with van der Waals surface area (Å²) in [7, 11) is 4.00. The number of nitrogens with one attached hydrogen (secondary N) is 1. The first kappa shape index (κ1) is 17.8. The number of hydrogen-bond acceptors (Lipinski definition) is 4. The van der Waals surface area contributed by atoms with Gasteiger partial charge in [0.1, 0.15) is 5.52 Å². The maximum absolute atomic E-state index is 12.5. The van der Waals surface area contributed by atoms with Crippen molar-refractivity contribution >= 4 is 28.4 Å². The molecule has 4 aromatic rings. The fourth-order valence-corrected chi connectivity index (χ4v) is 3.02. The summed E-state index contributed by atoms with van der Waals surface area (Å²) in [6, 6.07) is 21.0. The van der Waals surface area contributed by atoms with E-state index in [0.29, 0.717) is 22.7 Å². The smallest absolute Gasteiger partial charge is 0.255 e. The summed E-state index contributed by atoms with van der Waals surface area (Å²) in [5.74, 6) is 0.407. The molecule has 0 bridgehead atoms. The van der Waals surface area contributed by atoms with Crippen LogP contribution in [0.2, 0.25) is 0 Å². The number of hydrogen-bond donors (Lipinski definition) is 1. The molecule has 1 amide bonds. The molecule has 1 aromatic heterocycles. The van der Waals surface area contributed by atoms with E-state index in [-0.39, 0.29) is 5.91 Å². The van der Waals surface area contributed by atoms with Crippen LogP contribution in [0, 0.1) is 6.92 Å². The number of oxazole rings is 1. The number of nitrogens with zero attached hydrogens (tertiary/aromatic N) is 2. The van der Waals surface area contributed by atoms with Crippen LogP contribution in [0.3, 0.4) is 0 Å². The number of aromatic nitrogens is 1. The van der Waals surface area contributed by atoms with Crippen LogP contribution in [0.5, 0.6) is 0 Å². The molecular weight excluding hydrogens is 350 g/mol. The standard InChI is InChI=1S/C23H21N3O2/c1-15-5-4-6-17(13-15)22(27)24-18-9-12-20-21(14-18)28-23(25-20)16-7-10-19(11-8-16)26(2)3/h4-14H,1-3H3,(H,24,27). The molecular formula is C23H21N3O2. The van der Waals surface area contributed by atoms with Gasteiger partial charge in [-0.1, -0.05) is 17.7 Å². The third-order valence-electron chi connectivity index (χ3n) is 4.56. The fraction of sp³-hybridized carbons (Fsp3) is 0.130. The Kier molecular flexibility index (Phi) is 4.57. The largest absolute Gasteiger partial charge is 0.436 e. The first-order valence-electron chi connectivity index (χ1n) is 9.06. The molecule has 0 saturated carbocycles. The molecule has 1 heterocycles. The van der Waals surface area contributed by atoms with E-state index in [2.05, 4.69) is 10.3 Å². The molecule has 0 saturated heterocycles. The summed E-state index contributed by atoms with van der Waals surface area (Å²) in [6.07, 6.45) is 0. The number of fused-ring (bicyclic) bond motifs is 1. The van der Waals surface area contributed by atoms with Crippen LogP contribution < -0.4 is 10.2 Å². The van der Waals surface area contributed by atoms with Gasteiger partial charge in [0, 0.05) is 42.7 Å². The Bertz CT molecular complexity index is 1140. The predicted molar refractivity (Wildman–Crippen MR) is 113 cm³/mol. The van der Waals surface area contributed by atoms with Crippen LogP contribution in [-0.4, -0.2) is 25.0 Å². The molecule has 0 radical (unpaired) electrons. The second kappa shape index (κ2) is 7.19. The van der Waals surface area contributed by atoms with E-state index in [4.69, 9.17) is 4.42 Å². The topological polar surface area (TPSA) is 58.4 Å². The molecule has 0 fully saturated rings. The quantitative estimate of drug-likeness (QED) is 0.541. The summed E-state index contributed by atoms with van der Waals surface area (Å²) < 4.78 is 5.93. The number of benzene rings is 3. The van der Waals surface area contributed by atoms with E-state index >= 15 is 0 Å². The number of carbonyl (C=O) groups is 1. The second-order valence-corrected chi connectivity index (χ2v) is 6.97. The molecule has 0 unspecified atom stereocenters. The lowest BCUT2D eigenvalue weighted by atomic mass is 10.1. The maximum atomic E-state index is 12.5. The van der Waals surface area contributed by atoms with Crippen molar-refractivity contribution in [2.75, 3.05) is 24.3 Å². The minimum atomic E-state index is -0.151. The van der Waals surface area contributed by atoms with Gasteiger partial charge in [0.15, 0.2) is 5.58 Å². The molecule has 3 aromatic carbocycles. The van der Waals surface area contributed by atoms with Gasteiger partial charge in [-0.2, -0.15) is 0 Å². The lowest BCUT2D eigenvalue weighted by Crippen LogP contribution is -2.11. The summed E-state index contributed by atoms with van der Waals surface area (Å²) in [6.45, 7) is 1.96. The number of aryl methyl sites for hydroxylation is 1. The summed E-state index contributed by atoms with van der Waals surface area (Å²) in [5.41, 5.74) is 5.74. The second-order valence-electron chi connectivity index (χ2n) is 6.97. The Morgan fingerprint density at radius 2 is 1.79 bits per heavy atom. The van der Waals surface area contributed by atoms with Gasteiger partial charge in [0.2, 0.25) is 5.89 Å². The Morgan fingerprint density at radius 1 is 1.00 bits per heavy atom. The van der Waals surface area contributed by atoms with Crippen LogP contribution in [0.25, 0.3) is 22.6 Å². The molecule has 0 spiro atoms. The number of amides is 1. The highest BCUT2D eigenvalue weighted by molar-refractivity contribution is 6.05. The fourth-order valence-electron chi connectivity index (χ4n) is 3.02. The highest BCUT2D eigenvalue weighted by Crippen LogP contribution is 2.27. The van der Waals surface area contributed by atoms with Crippen molar-refractivity contribution in [3.63, 3.8) is 0 Å². The average molecular weight is 371 g/mol. The molecule has 5 nitrogen and oxygen atoms in total. The van der Waals surface area contributed by atoms with Crippen molar-refractivity contribution in [1.29, 1.82) is 0 Å². The van der Waals surface area contributed by atoms with Crippen molar-refractivity contribution < 1.29 is 9.21 Å². The molecule has 0 aliphatic heterocycles. The normalized spacial score (nSPS) is 10.8. The van der Waals surface area contributed by atoms with E-state index in [1.165, 1.54) is 0 Å². The van der Waals surface area contributed by atoms with Crippen LogP contribution >= 0.6 is 0 Å². The molecule has 0 atom stereocenters. The highest BCUT2D eigenvalue weighted by Gasteiger charge is 2.11. The summed E-state index contributed by atoms with van der Waals surface area (Å²) in [4.78, 5) is 19.0. The van der Waals surface area contributed by atoms with E-state index in [9.17, 15) is 4.79 Å². The van der Waals surface area contributed by atoms with Gasteiger partial charge >= 0.3 is 0 Å². The monoisotopic (exact) mass is 371 g/mol. The predicted octanol–water partition coefficient (Wildman–Crippen LogP) is 5.12. The molecule has 140 valence electrons. The maximum Gasteiger partial charge on any atom is 0.255 e. The average Bonchev–Trinajstić information content (AvgIpc) is 3.11. The Labute approximate surface area is 163 Å². The Morgan fingerprint density at radius 3 is 2.50 bits per heavy atom. The number of rotatable bonds is 4. The van der Waals surface area contributed by atoms with Gasteiger partial charge in [0.25, 0.3) is 5.91 Å². The number of carbonyl (C=O) groups excluding carboxylic acids is 1. The van der Waals surface area contributed by atoms with E-state index < -0.39 is 0 Å². The van der Waals surface area contributed by atoms with Crippen molar-refractivity contribution in [2.24, 2.45) is 0 Å². The summed E-state index contributed by atoms with van der Waals surface area (Å²) >= 11 is 0. The molecule has 0 aliphatic carbocycles. The lowest BCUT2D eigenvalue weighted by molar-refractivity contribution is 0.102. The number of anilines is 2. The van der Waals surface area contributed by atoms with Crippen molar-refractivity contribution in [1.82, 2.24) is 4.98 Å². The SMILES string of the molecule is Cc1cccc(C(=O)Nc2ccc3nc(-c4ccc(N(C)C)cc4)oc3c2)c1.